The molecule has 2 rings (SSSR count). The van der Waals surface area contributed by atoms with Crippen molar-refractivity contribution in [3.63, 3.8) is 0 Å². The molecule has 0 aliphatic carbocycles. The highest BCUT2D eigenvalue weighted by atomic mass is 79.9. The molecule has 1 aliphatic heterocycles. The molecule has 0 bridgehead atoms. The minimum atomic E-state index is -0.280. The first-order chi connectivity index (χ1) is 12.0. The molecule has 6 heteroatoms. The van der Waals surface area contributed by atoms with Crippen molar-refractivity contribution in [1.29, 1.82) is 0 Å². The largest absolute Gasteiger partial charge is 0.356 e. The van der Waals surface area contributed by atoms with Gasteiger partial charge >= 0.3 is 0 Å². The summed E-state index contributed by atoms with van der Waals surface area (Å²) in [5, 5.41) is 2.95. The first-order valence-electron chi connectivity index (χ1n) is 8.98. The molecule has 1 aromatic rings. The van der Waals surface area contributed by atoms with Gasteiger partial charge in [-0.1, -0.05) is 28.9 Å². The number of carbonyl (C=O) groups is 2. The second-order valence-electron chi connectivity index (χ2n) is 6.64. The molecule has 1 aromatic carbocycles. The van der Waals surface area contributed by atoms with Crippen molar-refractivity contribution in [3.8, 4) is 0 Å². The van der Waals surface area contributed by atoms with Crippen LogP contribution < -0.4 is 5.32 Å². The maximum Gasteiger partial charge on any atom is 0.222 e. The monoisotopic (exact) mass is 412 g/mol. The zero-order valence-corrected chi connectivity index (χ0v) is 16.3. The molecule has 1 aliphatic rings. The Kier molecular flexibility index (Phi) is 7.88. The summed E-state index contributed by atoms with van der Waals surface area (Å²) in [6, 6.07) is 4.93. The van der Waals surface area contributed by atoms with Crippen LogP contribution in [0.1, 0.15) is 44.6 Å². The molecule has 0 radical (unpaired) electrons. The number of rotatable bonds is 7. The third-order valence-corrected chi connectivity index (χ3v) is 5.05. The predicted octanol–water partition coefficient (Wildman–Crippen LogP) is 3.68. The molecule has 25 heavy (non-hydrogen) atoms. The number of carbonyl (C=O) groups excluding carboxylic acids is 2. The Balaban J connectivity index is 1.79. The second-order valence-corrected chi connectivity index (χ2v) is 7.55. The normalized spacial score (nSPS) is 17.4. The van der Waals surface area contributed by atoms with Crippen LogP contribution in [0.25, 0.3) is 0 Å². The highest BCUT2D eigenvalue weighted by molar-refractivity contribution is 9.10. The average Bonchev–Trinajstić information content (AvgIpc) is 2.59. The van der Waals surface area contributed by atoms with E-state index >= 15 is 0 Å². The summed E-state index contributed by atoms with van der Waals surface area (Å²) in [4.78, 5) is 25.9. The van der Waals surface area contributed by atoms with Crippen LogP contribution in [-0.4, -0.2) is 36.3 Å². The summed E-state index contributed by atoms with van der Waals surface area (Å²) in [5.41, 5.74) is 0.567. The molecule has 1 unspecified atom stereocenters. The van der Waals surface area contributed by atoms with Crippen molar-refractivity contribution in [2.45, 2.75) is 45.4 Å². The Morgan fingerprint density at radius 1 is 1.36 bits per heavy atom. The zero-order chi connectivity index (χ0) is 18.2. The Hall–Kier alpha value is -1.43. The Labute approximate surface area is 157 Å². The van der Waals surface area contributed by atoms with Gasteiger partial charge in [0.2, 0.25) is 11.8 Å². The van der Waals surface area contributed by atoms with Crippen LogP contribution in [0.15, 0.2) is 22.7 Å². The lowest BCUT2D eigenvalue weighted by Crippen LogP contribution is -2.43. The van der Waals surface area contributed by atoms with E-state index < -0.39 is 0 Å². The number of amides is 2. The average molecular weight is 413 g/mol. The van der Waals surface area contributed by atoms with E-state index in [0.29, 0.717) is 48.3 Å². The van der Waals surface area contributed by atoms with Crippen LogP contribution in [-0.2, 0) is 16.0 Å². The summed E-state index contributed by atoms with van der Waals surface area (Å²) in [6.07, 6.45) is 4.09. The van der Waals surface area contributed by atoms with E-state index in [9.17, 15) is 14.0 Å². The first-order valence-corrected chi connectivity index (χ1v) is 9.77. The van der Waals surface area contributed by atoms with Gasteiger partial charge in [-0.25, -0.2) is 4.39 Å². The minimum absolute atomic E-state index is 0.0619. The van der Waals surface area contributed by atoms with Gasteiger partial charge in [0.1, 0.15) is 5.82 Å². The number of likely N-dealkylation sites (tertiary alicyclic amines) is 1. The molecule has 2 amide bonds. The van der Waals surface area contributed by atoms with E-state index in [0.717, 1.165) is 25.8 Å². The van der Waals surface area contributed by atoms with E-state index in [-0.39, 0.29) is 17.6 Å². The number of hydrogen-bond acceptors (Lipinski definition) is 2. The summed E-state index contributed by atoms with van der Waals surface area (Å²) in [6.45, 7) is 4.04. The number of nitrogens with zero attached hydrogens (tertiary/aromatic N) is 1. The first kappa shape index (κ1) is 19.9. The van der Waals surface area contributed by atoms with Gasteiger partial charge in [-0.2, -0.15) is 0 Å². The van der Waals surface area contributed by atoms with Crippen molar-refractivity contribution in [3.05, 3.63) is 34.1 Å². The summed E-state index contributed by atoms with van der Waals surface area (Å²) in [5.74, 6) is 0.170. The van der Waals surface area contributed by atoms with Crippen LogP contribution in [0.2, 0.25) is 0 Å². The van der Waals surface area contributed by atoms with E-state index in [2.05, 4.69) is 21.2 Å². The van der Waals surface area contributed by atoms with Crippen LogP contribution in [0.4, 0.5) is 4.39 Å². The molecule has 1 saturated heterocycles. The highest BCUT2D eigenvalue weighted by Gasteiger charge is 2.23. The van der Waals surface area contributed by atoms with Gasteiger partial charge in [-0.05, 0) is 49.3 Å². The Morgan fingerprint density at radius 3 is 2.88 bits per heavy atom. The van der Waals surface area contributed by atoms with E-state index in [1.54, 1.807) is 12.1 Å². The zero-order valence-electron chi connectivity index (χ0n) is 14.7. The number of piperidine rings is 1. The fourth-order valence-electron chi connectivity index (χ4n) is 3.16. The van der Waals surface area contributed by atoms with Crippen LogP contribution in [0.3, 0.4) is 0 Å². The van der Waals surface area contributed by atoms with Crippen LogP contribution in [0, 0.1) is 11.7 Å². The summed E-state index contributed by atoms with van der Waals surface area (Å²) >= 11 is 3.23. The van der Waals surface area contributed by atoms with Crippen molar-refractivity contribution >= 4 is 27.7 Å². The smallest absolute Gasteiger partial charge is 0.222 e. The molecule has 4 nitrogen and oxygen atoms in total. The lowest BCUT2D eigenvalue weighted by Gasteiger charge is -2.33. The molecule has 1 N–H and O–H groups in total. The number of hydrogen-bond donors (Lipinski definition) is 1. The topological polar surface area (TPSA) is 49.4 Å². The van der Waals surface area contributed by atoms with Gasteiger partial charge in [-0.3, -0.25) is 9.59 Å². The third-order valence-electron chi connectivity index (χ3n) is 4.56. The SMILES string of the molecule is CCCC(=O)NCC1CCCN(C(=O)CCc2ccc(Br)cc2F)C1. The summed E-state index contributed by atoms with van der Waals surface area (Å²) < 4.78 is 14.5. The third kappa shape index (κ3) is 6.42. The van der Waals surface area contributed by atoms with Gasteiger partial charge in [0, 0.05) is 36.9 Å². The van der Waals surface area contributed by atoms with E-state index in [1.165, 1.54) is 6.07 Å². The maximum atomic E-state index is 13.8. The van der Waals surface area contributed by atoms with Gasteiger partial charge < -0.3 is 10.2 Å². The Bertz CT molecular complexity index is 609. The van der Waals surface area contributed by atoms with E-state index in [4.69, 9.17) is 0 Å². The van der Waals surface area contributed by atoms with Gasteiger partial charge in [-0.15, -0.1) is 0 Å². The van der Waals surface area contributed by atoms with Gasteiger partial charge in [0.15, 0.2) is 0 Å². The van der Waals surface area contributed by atoms with Gasteiger partial charge in [0.25, 0.3) is 0 Å². The highest BCUT2D eigenvalue weighted by Crippen LogP contribution is 2.19. The fraction of sp³-hybridized carbons (Fsp3) is 0.579. The predicted molar refractivity (Wildman–Crippen MR) is 99.6 cm³/mol. The maximum absolute atomic E-state index is 13.8. The molecule has 1 atom stereocenters. The summed E-state index contributed by atoms with van der Waals surface area (Å²) in [7, 11) is 0. The van der Waals surface area contributed by atoms with Crippen molar-refractivity contribution in [2.75, 3.05) is 19.6 Å². The number of halogens is 2. The number of aryl methyl sites for hydroxylation is 1. The molecule has 1 fully saturated rings. The second kappa shape index (κ2) is 9.90. The van der Waals surface area contributed by atoms with E-state index in [1.807, 2.05) is 11.8 Å². The number of nitrogens with one attached hydrogen (secondary N) is 1. The molecule has 0 aromatic heterocycles. The number of benzene rings is 1. The fourth-order valence-corrected chi connectivity index (χ4v) is 3.49. The van der Waals surface area contributed by atoms with Gasteiger partial charge in [0.05, 0.1) is 0 Å². The Morgan fingerprint density at radius 2 is 2.16 bits per heavy atom. The molecule has 1 heterocycles. The molecule has 0 saturated carbocycles. The molecule has 138 valence electrons. The molecular weight excluding hydrogens is 387 g/mol. The quantitative estimate of drug-likeness (QED) is 0.742. The van der Waals surface area contributed by atoms with Crippen LogP contribution in [0.5, 0.6) is 0 Å². The molecule has 0 spiro atoms. The minimum Gasteiger partial charge on any atom is -0.356 e. The van der Waals surface area contributed by atoms with Crippen molar-refractivity contribution in [2.24, 2.45) is 5.92 Å². The van der Waals surface area contributed by atoms with Crippen LogP contribution >= 0.6 is 15.9 Å². The molecular formula is C19H26BrFN2O2. The lowest BCUT2D eigenvalue weighted by atomic mass is 9.97. The van der Waals surface area contributed by atoms with Crippen molar-refractivity contribution in [1.82, 2.24) is 10.2 Å². The standard InChI is InChI=1S/C19H26BrFN2O2/c1-2-4-18(24)22-12-14-5-3-10-23(13-14)19(25)9-7-15-6-8-16(20)11-17(15)21/h6,8,11,14H,2-5,7,9-10,12-13H2,1H3,(H,22,24). The lowest BCUT2D eigenvalue weighted by molar-refractivity contribution is -0.132. The van der Waals surface area contributed by atoms with Crippen molar-refractivity contribution < 1.29 is 14.0 Å².